The minimum atomic E-state index is -0.172. The first kappa shape index (κ1) is 12.9. The van der Waals surface area contributed by atoms with E-state index in [0.29, 0.717) is 0 Å². The molecule has 1 aliphatic rings. The average Bonchev–Trinajstić information content (AvgIpc) is 2.33. The zero-order chi connectivity index (χ0) is 12.3. The van der Waals surface area contributed by atoms with E-state index in [0.717, 1.165) is 31.1 Å². The minimum absolute atomic E-state index is 0.0555. The number of hydrogen-bond donors (Lipinski definition) is 1. The Bertz CT molecular complexity index is 358. The molecule has 0 atom stereocenters. The summed E-state index contributed by atoms with van der Waals surface area (Å²) in [5.41, 5.74) is 0. The molecule has 1 aromatic carbocycles. The van der Waals surface area contributed by atoms with Crippen molar-refractivity contribution in [2.24, 2.45) is 0 Å². The molecule has 2 rings (SSSR count). The zero-order valence-electron chi connectivity index (χ0n) is 10.4. The first-order valence-corrected chi connectivity index (χ1v) is 6.80. The van der Waals surface area contributed by atoms with E-state index in [1.54, 1.807) is 11.8 Å². The van der Waals surface area contributed by atoms with E-state index >= 15 is 0 Å². The van der Waals surface area contributed by atoms with Gasteiger partial charge in [0.05, 0.1) is 4.87 Å². The molecule has 1 saturated heterocycles. The molecule has 0 aliphatic carbocycles. The van der Waals surface area contributed by atoms with Crippen LogP contribution < -0.4 is 5.32 Å². The van der Waals surface area contributed by atoms with Crippen LogP contribution in [0.4, 0.5) is 4.39 Å². The molecule has 0 aromatic heterocycles. The van der Waals surface area contributed by atoms with Crippen LogP contribution in [0.2, 0.25) is 0 Å². The predicted molar refractivity (Wildman–Crippen MR) is 70.8 cm³/mol. The number of thioether (sulfide) groups is 1. The van der Waals surface area contributed by atoms with E-state index in [9.17, 15) is 4.39 Å². The zero-order valence-corrected chi connectivity index (χ0v) is 11.2. The van der Waals surface area contributed by atoms with Gasteiger partial charge in [0.25, 0.3) is 0 Å². The standard InChI is InChI=1S/C13H19FN2S/c1-13(2,16-9-7-15-8-10-16)17-12-5-3-11(14)4-6-12/h3-6,15H,7-10H2,1-2H3. The summed E-state index contributed by atoms with van der Waals surface area (Å²) >= 11 is 1.79. The topological polar surface area (TPSA) is 15.3 Å². The van der Waals surface area contributed by atoms with Crippen molar-refractivity contribution in [2.75, 3.05) is 26.2 Å². The van der Waals surface area contributed by atoms with Crippen LogP contribution in [0.25, 0.3) is 0 Å². The predicted octanol–water partition coefficient (Wildman–Crippen LogP) is 2.56. The van der Waals surface area contributed by atoms with Gasteiger partial charge in [-0.25, -0.2) is 4.39 Å². The van der Waals surface area contributed by atoms with Crippen molar-refractivity contribution in [2.45, 2.75) is 23.6 Å². The van der Waals surface area contributed by atoms with Gasteiger partial charge in [0.2, 0.25) is 0 Å². The number of hydrogen-bond acceptors (Lipinski definition) is 3. The van der Waals surface area contributed by atoms with Crippen molar-refractivity contribution in [1.29, 1.82) is 0 Å². The van der Waals surface area contributed by atoms with E-state index in [2.05, 4.69) is 24.1 Å². The molecule has 0 spiro atoms. The minimum Gasteiger partial charge on any atom is -0.314 e. The van der Waals surface area contributed by atoms with E-state index in [1.165, 1.54) is 12.1 Å². The fraction of sp³-hybridized carbons (Fsp3) is 0.538. The second kappa shape index (κ2) is 5.38. The van der Waals surface area contributed by atoms with Crippen LogP contribution in [0, 0.1) is 5.82 Å². The highest BCUT2D eigenvalue weighted by atomic mass is 32.2. The lowest BCUT2D eigenvalue weighted by atomic mass is 10.2. The van der Waals surface area contributed by atoms with Crippen molar-refractivity contribution in [1.82, 2.24) is 10.2 Å². The lowest BCUT2D eigenvalue weighted by Crippen LogP contribution is -2.51. The SMILES string of the molecule is CC(C)(Sc1ccc(F)cc1)N1CCNCC1. The summed E-state index contributed by atoms with van der Waals surface area (Å²) in [6.45, 7) is 8.70. The molecule has 2 nitrogen and oxygen atoms in total. The third-order valence-corrected chi connectivity index (χ3v) is 4.33. The summed E-state index contributed by atoms with van der Waals surface area (Å²) in [6, 6.07) is 6.75. The molecule has 1 N–H and O–H groups in total. The fourth-order valence-corrected chi connectivity index (χ4v) is 3.22. The third kappa shape index (κ3) is 3.44. The van der Waals surface area contributed by atoms with Crippen molar-refractivity contribution < 1.29 is 4.39 Å². The highest BCUT2D eigenvalue weighted by Crippen LogP contribution is 2.35. The first-order valence-electron chi connectivity index (χ1n) is 5.98. The monoisotopic (exact) mass is 254 g/mol. The van der Waals surface area contributed by atoms with Gasteiger partial charge in [-0.05, 0) is 38.1 Å². The molecular weight excluding hydrogens is 235 g/mol. The number of nitrogens with one attached hydrogen (secondary N) is 1. The Kier molecular flexibility index (Phi) is 4.07. The normalized spacial score (nSPS) is 18.3. The number of nitrogens with zero attached hydrogens (tertiary/aromatic N) is 1. The van der Waals surface area contributed by atoms with E-state index in [4.69, 9.17) is 0 Å². The second-order valence-electron chi connectivity index (χ2n) is 4.74. The lowest BCUT2D eigenvalue weighted by Gasteiger charge is -2.40. The van der Waals surface area contributed by atoms with Crippen molar-refractivity contribution in [3.63, 3.8) is 0 Å². The van der Waals surface area contributed by atoms with Crippen LogP contribution in [-0.2, 0) is 0 Å². The summed E-state index contributed by atoms with van der Waals surface area (Å²) < 4.78 is 12.8. The molecule has 1 aromatic rings. The maximum Gasteiger partial charge on any atom is 0.123 e. The van der Waals surface area contributed by atoms with Crippen molar-refractivity contribution in [3.8, 4) is 0 Å². The van der Waals surface area contributed by atoms with Crippen molar-refractivity contribution >= 4 is 11.8 Å². The van der Waals surface area contributed by atoms with Gasteiger partial charge in [0, 0.05) is 31.1 Å². The van der Waals surface area contributed by atoms with Gasteiger partial charge in [-0.15, -0.1) is 11.8 Å². The highest BCUT2D eigenvalue weighted by Gasteiger charge is 2.28. The highest BCUT2D eigenvalue weighted by molar-refractivity contribution is 8.00. The number of piperazine rings is 1. The molecule has 0 bridgehead atoms. The van der Waals surface area contributed by atoms with Crippen LogP contribution in [0.3, 0.4) is 0 Å². The Morgan fingerprint density at radius 1 is 1.18 bits per heavy atom. The Morgan fingerprint density at radius 3 is 2.35 bits per heavy atom. The van der Waals surface area contributed by atoms with E-state index < -0.39 is 0 Å². The lowest BCUT2D eigenvalue weighted by molar-refractivity contribution is 0.172. The molecule has 1 heterocycles. The molecule has 1 aliphatic heterocycles. The Hall–Kier alpha value is -0.580. The van der Waals surface area contributed by atoms with Gasteiger partial charge in [-0.2, -0.15) is 0 Å². The molecular formula is C13H19FN2S. The molecule has 0 saturated carbocycles. The summed E-state index contributed by atoms with van der Waals surface area (Å²) in [5, 5.41) is 3.36. The van der Waals surface area contributed by atoms with E-state index in [1.807, 2.05) is 12.1 Å². The molecule has 0 radical (unpaired) electrons. The largest absolute Gasteiger partial charge is 0.314 e. The Balaban J connectivity index is 2.02. The molecule has 17 heavy (non-hydrogen) atoms. The summed E-state index contributed by atoms with van der Waals surface area (Å²) in [7, 11) is 0. The summed E-state index contributed by atoms with van der Waals surface area (Å²) in [5.74, 6) is -0.172. The maximum atomic E-state index is 12.8. The third-order valence-electron chi connectivity index (χ3n) is 3.06. The average molecular weight is 254 g/mol. The first-order chi connectivity index (χ1) is 8.08. The number of benzene rings is 1. The van der Waals surface area contributed by atoms with Crippen molar-refractivity contribution in [3.05, 3.63) is 30.1 Å². The molecule has 94 valence electrons. The number of halogens is 1. The Labute approximate surface area is 107 Å². The molecule has 0 unspecified atom stereocenters. The van der Waals surface area contributed by atoms with Crippen LogP contribution in [0.5, 0.6) is 0 Å². The van der Waals surface area contributed by atoms with Gasteiger partial charge >= 0.3 is 0 Å². The second-order valence-corrected chi connectivity index (χ2v) is 6.41. The summed E-state index contributed by atoms with van der Waals surface area (Å²) in [4.78, 5) is 3.65. The van der Waals surface area contributed by atoms with Crippen LogP contribution in [0.1, 0.15) is 13.8 Å². The fourth-order valence-electron chi connectivity index (χ4n) is 2.06. The molecule has 4 heteroatoms. The van der Waals surface area contributed by atoms with Gasteiger partial charge in [-0.3, -0.25) is 4.90 Å². The summed E-state index contributed by atoms with van der Waals surface area (Å²) in [6.07, 6.45) is 0. The molecule has 0 amide bonds. The number of rotatable bonds is 3. The Morgan fingerprint density at radius 2 is 1.76 bits per heavy atom. The van der Waals surface area contributed by atoms with Gasteiger partial charge in [-0.1, -0.05) is 0 Å². The molecule has 1 fully saturated rings. The van der Waals surface area contributed by atoms with Crippen LogP contribution in [0.15, 0.2) is 29.2 Å². The van der Waals surface area contributed by atoms with Gasteiger partial charge in [0.15, 0.2) is 0 Å². The van der Waals surface area contributed by atoms with Crippen LogP contribution >= 0.6 is 11.8 Å². The van der Waals surface area contributed by atoms with Gasteiger partial charge < -0.3 is 5.32 Å². The smallest absolute Gasteiger partial charge is 0.123 e. The quantitative estimate of drug-likeness (QED) is 0.835. The van der Waals surface area contributed by atoms with Crippen LogP contribution in [-0.4, -0.2) is 35.9 Å². The van der Waals surface area contributed by atoms with E-state index in [-0.39, 0.29) is 10.7 Å². The maximum absolute atomic E-state index is 12.8. The van der Waals surface area contributed by atoms with Gasteiger partial charge in [0.1, 0.15) is 5.82 Å².